The van der Waals surface area contributed by atoms with Crippen molar-refractivity contribution in [2.45, 2.75) is 32.2 Å². The van der Waals surface area contributed by atoms with Gasteiger partial charge in [-0.25, -0.2) is 9.97 Å². The monoisotopic (exact) mass is 358 g/mol. The quantitative estimate of drug-likeness (QED) is 0.830. The fourth-order valence-electron chi connectivity index (χ4n) is 3.29. The van der Waals surface area contributed by atoms with Crippen molar-refractivity contribution in [3.63, 3.8) is 0 Å². The number of benzene rings is 1. The minimum Gasteiger partial charge on any atom is -0.347 e. The highest BCUT2D eigenvalue weighted by atomic mass is 35.5. The smallest absolute Gasteiger partial charge is 0.225 e. The normalized spacial score (nSPS) is 17.0. The molecule has 6 heteroatoms. The maximum atomic E-state index is 12.4. The Kier molecular flexibility index (Phi) is 5.23. The summed E-state index contributed by atoms with van der Waals surface area (Å²) in [7, 11) is 3.84. The van der Waals surface area contributed by atoms with E-state index in [4.69, 9.17) is 16.6 Å². The van der Waals surface area contributed by atoms with Crippen LogP contribution in [0.3, 0.4) is 0 Å². The van der Waals surface area contributed by atoms with Crippen LogP contribution in [0.4, 0.5) is 5.95 Å². The summed E-state index contributed by atoms with van der Waals surface area (Å²) in [6.07, 6.45) is 4.26. The molecular formula is C19H23ClN4O. The molecule has 1 aliphatic heterocycles. The maximum absolute atomic E-state index is 12.4. The lowest BCUT2D eigenvalue weighted by Gasteiger charge is -2.26. The van der Waals surface area contributed by atoms with Crippen molar-refractivity contribution in [1.82, 2.24) is 14.9 Å². The third-order valence-electron chi connectivity index (χ3n) is 4.53. The van der Waals surface area contributed by atoms with E-state index in [9.17, 15) is 4.79 Å². The summed E-state index contributed by atoms with van der Waals surface area (Å²) < 4.78 is 0. The van der Waals surface area contributed by atoms with E-state index >= 15 is 0 Å². The molecule has 25 heavy (non-hydrogen) atoms. The highest BCUT2D eigenvalue weighted by Gasteiger charge is 2.32. The predicted octanol–water partition coefficient (Wildman–Crippen LogP) is 3.94. The first-order valence-corrected chi connectivity index (χ1v) is 8.98. The van der Waals surface area contributed by atoms with Gasteiger partial charge in [0.05, 0.1) is 11.7 Å². The van der Waals surface area contributed by atoms with E-state index in [1.165, 1.54) is 0 Å². The molecule has 0 aliphatic carbocycles. The van der Waals surface area contributed by atoms with Gasteiger partial charge < -0.3 is 9.80 Å². The molecule has 132 valence electrons. The fourth-order valence-corrected chi connectivity index (χ4v) is 3.48. The van der Waals surface area contributed by atoms with Crippen LogP contribution in [-0.4, -0.2) is 41.4 Å². The van der Waals surface area contributed by atoms with Crippen LogP contribution in [0.25, 0.3) is 11.1 Å². The van der Waals surface area contributed by atoms with Crippen LogP contribution in [0.1, 0.15) is 37.9 Å². The topological polar surface area (TPSA) is 49.3 Å². The van der Waals surface area contributed by atoms with Crippen molar-refractivity contribution in [3.05, 3.63) is 41.2 Å². The first-order chi connectivity index (χ1) is 12.0. The molecular weight excluding hydrogens is 336 g/mol. The van der Waals surface area contributed by atoms with E-state index in [0.29, 0.717) is 17.4 Å². The van der Waals surface area contributed by atoms with Crippen LogP contribution in [0, 0.1) is 0 Å². The summed E-state index contributed by atoms with van der Waals surface area (Å²) in [4.78, 5) is 25.5. The van der Waals surface area contributed by atoms with Crippen LogP contribution >= 0.6 is 11.6 Å². The SMILES string of the molecule is CCC(=O)N1CCCC1c1nc(N(C)C)ncc1-c1cccc(Cl)c1. The number of carbonyl (C=O) groups excluding carboxylic acids is 1. The molecule has 0 N–H and O–H groups in total. The van der Waals surface area contributed by atoms with E-state index < -0.39 is 0 Å². The number of rotatable bonds is 4. The van der Waals surface area contributed by atoms with Crippen molar-refractivity contribution in [1.29, 1.82) is 0 Å². The molecule has 2 aromatic rings. The molecule has 3 rings (SSSR count). The van der Waals surface area contributed by atoms with Crippen LogP contribution < -0.4 is 4.90 Å². The van der Waals surface area contributed by atoms with Gasteiger partial charge in [0, 0.05) is 43.8 Å². The fraction of sp³-hybridized carbons (Fsp3) is 0.421. The van der Waals surface area contributed by atoms with Crippen molar-refractivity contribution in [2.75, 3.05) is 25.5 Å². The van der Waals surface area contributed by atoms with Crippen molar-refractivity contribution in [3.8, 4) is 11.1 Å². The molecule has 0 spiro atoms. The zero-order valence-electron chi connectivity index (χ0n) is 14.9. The molecule has 1 amide bonds. The third-order valence-corrected chi connectivity index (χ3v) is 4.77. The van der Waals surface area contributed by atoms with Gasteiger partial charge in [-0.05, 0) is 30.5 Å². The molecule has 1 fully saturated rings. The Balaban J connectivity index is 2.12. The van der Waals surface area contributed by atoms with E-state index in [0.717, 1.165) is 36.2 Å². The predicted molar refractivity (Wildman–Crippen MR) is 101 cm³/mol. The second-order valence-corrected chi connectivity index (χ2v) is 6.91. The van der Waals surface area contributed by atoms with Gasteiger partial charge in [0.2, 0.25) is 11.9 Å². The van der Waals surface area contributed by atoms with E-state index in [1.807, 2.05) is 61.3 Å². The van der Waals surface area contributed by atoms with Gasteiger partial charge >= 0.3 is 0 Å². The molecule has 1 unspecified atom stereocenters. The molecule has 0 radical (unpaired) electrons. The number of hydrogen-bond acceptors (Lipinski definition) is 4. The highest BCUT2D eigenvalue weighted by molar-refractivity contribution is 6.30. The number of hydrogen-bond donors (Lipinski definition) is 0. The first-order valence-electron chi connectivity index (χ1n) is 8.61. The number of halogens is 1. The van der Waals surface area contributed by atoms with E-state index in [1.54, 1.807) is 0 Å². The molecule has 1 aliphatic rings. The van der Waals surface area contributed by atoms with Gasteiger partial charge in [-0.1, -0.05) is 30.7 Å². The van der Waals surface area contributed by atoms with Gasteiger partial charge in [-0.2, -0.15) is 0 Å². The van der Waals surface area contributed by atoms with E-state index in [2.05, 4.69) is 4.98 Å². The number of anilines is 1. The number of nitrogens with zero attached hydrogens (tertiary/aromatic N) is 4. The Morgan fingerprint density at radius 2 is 2.20 bits per heavy atom. The van der Waals surface area contributed by atoms with Crippen molar-refractivity contribution < 1.29 is 4.79 Å². The Hall–Kier alpha value is -2.14. The minimum absolute atomic E-state index is 0.0110. The molecule has 0 bridgehead atoms. The van der Waals surface area contributed by atoms with Crippen LogP contribution in [0.2, 0.25) is 5.02 Å². The summed E-state index contributed by atoms with van der Waals surface area (Å²) in [6, 6.07) is 7.68. The Morgan fingerprint density at radius 3 is 2.88 bits per heavy atom. The first kappa shape index (κ1) is 17.7. The summed E-state index contributed by atoms with van der Waals surface area (Å²) in [6.45, 7) is 2.69. The Morgan fingerprint density at radius 1 is 1.40 bits per heavy atom. The number of amides is 1. The lowest BCUT2D eigenvalue weighted by molar-refractivity contribution is -0.131. The van der Waals surface area contributed by atoms with Crippen LogP contribution in [0.5, 0.6) is 0 Å². The van der Waals surface area contributed by atoms with Gasteiger partial charge in [0.1, 0.15) is 0 Å². The van der Waals surface area contributed by atoms with E-state index in [-0.39, 0.29) is 11.9 Å². The van der Waals surface area contributed by atoms with Crippen molar-refractivity contribution in [2.24, 2.45) is 0 Å². The Bertz CT molecular complexity index is 778. The molecule has 0 saturated carbocycles. The molecule has 1 aromatic carbocycles. The minimum atomic E-state index is -0.0110. The summed E-state index contributed by atoms with van der Waals surface area (Å²) in [5.74, 6) is 0.820. The summed E-state index contributed by atoms with van der Waals surface area (Å²) in [5.41, 5.74) is 2.82. The van der Waals surface area contributed by atoms with Crippen molar-refractivity contribution >= 4 is 23.5 Å². The lowest BCUT2D eigenvalue weighted by Crippen LogP contribution is -2.31. The number of carbonyl (C=O) groups is 1. The summed E-state index contributed by atoms with van der Waals surface area (Å²) >= 11 is 6.18. The standard InChI is InChI=1S/C19H23ClN4O/c1-4-17(25)24-10-6-9-16(24)18-15(12-21-19(22-18)23(2)3)13-7-5-8-14(20)11-13/h5,7-8,11-12,16H,4,6,9-10H2,1-3H3. The highest BCUT2D eigenvalue weighted by Crippen LogP contribution is 2.37. The molecule has 1 saturated heterocycles. The van der Waals surface area contributed by atoms with Gasteiger partial charge in [0.15, 0.2) is 0 Å². The largest absolute Gasteiger partial charge is 0.347 e. The second-order valence-electron chi connectivity index (χ2n) is 6.47. The summed E-state index contributed by atoms with van der Waals surface area (Å²) in [5, 5.41) is 0.674. The molecule has 5 nitrogen and oxygen atoms in total. The third kappa shape index (κ3) is 3.61. The van der Waals surface area contributed by atoms with Gasteiger partial charge in [-0.3, -0.25) is 4.79 Å². The molecule has 1 aromatic heterocycles. The number of aromatic nitrogens is 2. The molecule has 2 heterocycles. The van der Waals surface area contributed by atoms with Crippen LogP contribution in [-0.2, 0) is 4.79 Å². The average molecular weight is 359 g/mol. The Labute approximate surface area is 153 Å². The number of likely N-dealkylation sites (tertiary alicyclic amines) is 1. The zero-order valence-corrected chi connectivity index (χ0v) is 15.6. The second kappa shape index (κ2) is 7.40. The maximum Gasteiger partial charge on any atom is 0.225 e. The van der Waals surface area contributed by atoms with Gasteiger partial charge in [-0.15, -0.1) is 0 Å². The lowest BCUT2D eigenvalue weighted by atomic mass is 9.99. The average Bonchev–Trinajstić information content (AvgIpc) is 3.10. The van der Waals surface area contributed by atoms with Gasteiger partial charge in [0.25, 0.3) is 0 Å². The van der Waals surface area contributed by atoms with Crippen LogP contribution in [0.15, 0.2) is 30.5 Å². The molecule has 1 atom stereocenters. The zero-order chi connectivity index (χ0) is 18.0.